The number of anilines is 1. The summed E-state index contributed by atoms with van der Waals surface area (Å²) >= 11 is 0.993. The molecule has 0 spiro atoms. The molecule has 3 aliphatic heterocycles. The zero-order chi connectivity index (χ0) is 40.6. The molecule has 5 heterocycles. The Morgan fingerprint density at radius 1 is 1.29 bits per heavy atom. The second-order valence-electron chi connectivity index (χ2n) is 14.8. The number of nitrogens with zero attached hydrogens (tertiary/aromatic N) is 5. The number of fused-ring (bicyclic) bond motifs is 1. The number of aromatic nitrogens is 3. The van der Waals surface area contributed by atoms with Crippen LogP contribution in [0.4, 0.5) is 5.13 Å². The summed E-state index contributed by atoms with van der Waals surface area (Å²) in [4.78, 5) is 53.8. The van der Waals surface area contributed by atoms with Gasteiger partial charge in [0, 0.05) is 37.4 Å². The van der Waals surface area contributed by atoms with Crippen LogP contribution in [0.1, 0.15) is 57.1 Å². The number of hydrogen-bond acceptors (Lipinski definition) is 16. The number of aliphatic hydroxyl groups excluding tert-OH is 1. The predicted octanol–water partition coefficient (Wildman–Crippen LogP) is 0.435. The van der Waals surface area contributed by atoms with E-state index in [2.05, 4.69) is 30.5 Å². The van der Waals surface area contributed by atoms with Crippen LogP contribution in [0.15, 0.2) is 41.1 Å². The van der Waals surface area contributed by atoms with Gasteiger partial charge in [-0.2, -0.15) is 13.5 Å². The third kappa shape index (κ3) is 8.67. The first-order valence-electron chi connectivity index (χ1n) is 17.9. The van der Waals surface area contributed by atoms with E-state index in [-0.39, 0.29) is 23.8 Å². The van der Waals surface area contributed by atoms with E-state index in [1.807, 2.05) is 12.1 Å². The van der Waals surface area contributed by atoms with E-state index in [4.69, 9.17) is 30.6 Å². The number of carboxylic acids is 1. The Bertz CT molecular complexity index is 2140. The van der Waals surface area contributed by atoms with Crippen molar-refractivity contribution in [1.29, 1.82) is 0 Å². The van der Waals surface area contributed by atoms with Crippen LogP contribution in [-0.2, 0) is 53.3 Å². The number of rotatable bonds is 17. The monoisotopic (exact) mass is 817 g/mol. The SMILES string of the molecule is CC1(C)[C@H](CC(=O)/C(=N\O[C@](C)(C(=O)O)[C@H]2CCc3cc(-c4cnc(CC[C@@H](O)CN)[n+](CC5CNC5)c4)ccc3O2)c2csc(N)n2)C(=O)N1OS(=O)(=O)O. The Kier molecular flexibility index (Phi) is 11.8. The van der Waals surface area contributed by atoms with Crippen LogP contribution in [0.2, 0.25) is 0 Å². The number of carboxylic acid groups (broad SMARTS) is 1. The molecule has 0 saturated carbocycles. The molecule has 6 rings (SSSR count). The number of oxime groups is 1. The van der Waals surface area contributed by atoms with Crippen LogP contribution >= 0.6 is 11.3 Å². The highest BCUT2D eigenvalue weighted by Gasteiger charge is 2.58. The van der Waals surface area contributed by atoms with Crippen molar-refractivity contribution in [3.63, 3.8) is 0 Å². The van der Waals surface area contributed by atoms with Crippen LogP contribution in [0, 0.1) is 11.8 Å². The van der Waals surface area contributed by atoms with Crippen molar-refractivity contribution < 1.29 is 56.0 Å². The number of ether oxygens (including phenoxy) is 1. The lowest BCUT2D eigenvalue weighted by Crippen LogP contribution is -2.68. The molecular weight excluding hydrogens is 773 g/mol. The minimum Gasteiger partial charge on any atom is -0.485 e. The molecule has 2 aromatic heterocycles. The Morgan fingerprint density at radius 2 is 2.04 bits per heavy atom. The number of thiazole rings is 1. The summed E-state index contributed by atoms with van der Waals surface area (Å²) in [6.45, 7) is 6.93. The number of nitrogen functional groups attached to an aromatic ring is 1. The van der Waals surface area contributed by atoms with Crippen molar-refractivity contribution in [2.75, 3.05) is 25.4 Å². The highest BCUT2D eigenvalue weighted by Crippen LogP contribution is 2.41. The van der Waals surface area contributed by atoms with Gasteiger partial charge in [0.1, 0.15) is 17.6 Å². The van der Waals surface area contributed by atoms with E-state index >= 15 is 0 Å². The highest BCUT2D eigenvalue weighted by atomic mass is 32.3. The highest BCUT2D eigenvalue weighted by molar-refractivity contribution is 7.80. The average Bonchev–Trinajstić information content (AvgIpc) is 3.57. The van der Waals surface area contributed by atoms with Crippen molar-refractivity contribution in [3.05, 3.63) is 53.1 Å². The molecular formula is C35H45N8O11S2+. The first-order valence-corrected chi connectivity index (χ1v) is 20.2. The first kappa shape index (κ1) is 41.0. The molecule has 1 amide bonds. The van der Waals surface area contributed by atoms with Crippen LogP contribution in [0.25, 0.3) is 11.1 Å². The molecule has 56 heavy (non-hydrogen) atoms. The summed E-state index contributed by atoms with van der Waals surface area (Å²) in [5, 5.41) is 29.7. The predicted molar refractivity (Wildman–Crippen MR) is 199 cm³/mol. The minimum absolute atomic E-state index is 0.0235. The molecule has 0 bridgehead atoms. The number of Topliss-reactive ketones (excluding diaryl/α,β-unsaturated/α-hetero) is 1. The van der Waals surface area contributed by atoms with E-state index in [0.29, 0.717) is 36.0 Å². The number of aliphatic hydroxyl groups is 1. The number of amides is 1. The molecule has 0 radical (unpaired) electrons. The maximum atomic E-state index is 13.7. The van der Waals surface area contributed by atoms with Crippen molar-refractivity contribution in [3.8, 4) is 16.9 Å². The standard InChI is InChI=1S/C35H44N8O11S2/c1-34(2)24(31(46)43(34)54-56(49,50)51)11-26(45)30(25-18-55-33(37)40-25)41-53-35(3,32(47)48)28-8-5-21-10-20(4-7-27(21)52-28)22-15-39-29(9-6-23(44)12-36)42(17-22)16-19-13-38-14-19/h4,7,10,15,17-19,23-24,28,38,44H,5-6,8-9,11-14,16,36H2,1-3H3,(H3-,37,40,47,48,49,50,51)/p+1/b41-30-/t23-,24-,28-,35+/m1/s1. The molecule has 3 aromatic rings. The number of carbonyl (C=O) groups excluding carboxylic acids is 2. The number of carbonyl (C=O) groups is 3. The third-order valence-corrected chi connectivity index (χ3v) is 11.5. The average molecular weight is 818 g/mol. The molecule has 302 valence electrons. The van der Waals surface area contributed by atoms with Crippen LogP contribution in [-0.4, -0.2) is 105 Å². The van der Waals surface area contributed by atoms with Gasteiger partial charge >= 0.3 is 16.4 Å². The second-order valence-corrected chi connectivity index (χ2v) is 16.7. The number of β-lactam (4-membered cyclic amide) rings is 1. The largest absolute Gasteiger partial charge is 0.485 e. The molecule has 2 saturated heterocycles. The first-order chi connectivity index (χ1) is 26.4. The van der Waals surface area contributed by atoms with E-state index < -0.39 is 69.5 Å². The van der Waals surface area contributed by atoms with E-state index in [0.717, 1.165) is 53.5 Å². The molecule has 4 atom stereocenters. The van der Waals surface area contributed by atoms with Gasteiger partial charge in [-0.15, -0.1) is 15.6 Å². The Morgan fingerprint density at radius 3 is 2.64 bits per heavy atom. The number of nitrogens with one attached hydrogen (secondary N) is 1. The zero-order valence-corrected chi connectivity index (χ0v) is 32.6. The zero-order valence-electron chi connectivity index (χ0n) is 31.0. The molecule has 0 unspecified atom stereocenters. The van der Waals surface area contributed by atoms with Gasteiger partial charge in [0.2, 0.25) is 0 Å². The molecule has 19 nitrogen and oxygen atoms in total. The van der Waals surface area contributed by atoms with Gasteiger partial charge in [-0.05, 0) is 63.3 Å². The van der Waals surface area contributed by atoms with Gasteiger partial charge in [0.25, 0.3) is 17.3 Å². The number of aliphatic carboxylic acids is 1. The third-order valence-electron chi connectivity index (χ3n) is 10.4. The summed E-state index contributed by atoms with van der Waals surface area (Å²) in [6, 6.07) is 5.59. The molecule has 8 N–H and O–H groups in total. The van der Waals surface area contributed by atoms with Crippen molar-refractivity contribution >= 4 is 50.2 Å². The van der Waals surface area contributed by atoms with Gasteiger partial charge < -0.3 is 36.6 Å². The minimum atomic E-state index is -5.01. The Balaban J connectivity index is 1.20. The van der Waals surface area contributed by atoms with E-state index in [1.54, 1.807) is 12.3 Å². The van der Waals surface area contributed by atoms with Crippen molar-refractivity contribution in [1.82, 2.24) is 20.3 Å². The second kappa shape index (κ2) is 16.1. The Labute approximate surface area is 326 Å². The lowest BCUT2D eigenvalue weighted by Gasteiger charge is -2.50. The summed E-state index contributed by atoms with van der Waals surface area (Å²) in [5.41, 5.74) is 10.2. The number of nitrogens with two attached hydrogens (primary N) is 2. The summed E-state index contributed by atoms with van der Waals surface area (Å²) < 4.78 is 44.3. The van der Waals surface area contributed by atoms with E-state index in [1.165, 1.54) is 26.2 Å². The van der Waals surface area contributed by atoms with E-state index in [9.17, 15) is 33.0 Å². The number of aryl methyl sites for hydroxylation is 2. The normalized spacial score (nSPS) is 21.2. The van der Waals surface area contributed by atoms with Crippen LogP contribution in [0.3, 0.4) is 0 Å². The molecule has 2 fully saturated rings. The maximum absolute atomic E-state index is 13.7. The van der Waals surface area contributed by atoms with Crippen LogP contribution in [0.5, 0.6) is 5.75 Å². The maximum Gasteiger partial charge on any atom is 0.418 e. The molecule has 1 aromatic carbocycles. The van der Waals surface area contributed by atoms with Gasteiger partial charge in [0.15, 0.2) is 28.9 Å². The summed E-state index contributed by atoms with van der Waals surface area (Å²) in [5.74, 6) is -2.40. The smallest absolute Gasteiger partial charge is 0.418 e. The molecule has 3 aliphatic rings. The molecule has 0 aliphatic carbocycles. The van der Waals surface area contributed by atoms with Crippen molar-refractivity contribution in [2.45, 2.75) is 82.8 Å². The quantitative estimate of drug-likeness (QED) is 0.0354. The summed E-state index contributed by atoms with van der Waals surface area (Å²) in [6.07, 6.45) is 3.39. The van der Waals surface area contributed by atoms with Gasteiger partial charge in [-0.3, -0.25) is 14.1 Å². The lowest BCUT2D eigenvalue weighted by atomic mass is 9.74. The lowest BCUT2D eigenvalue weighted by molar-refractivity contribution is -0.713. The number of ketones is 1. The number of hydroxylamine groups is 2. The fourth-order valence-corrected chi connectivity index (χ4v) is 7.80. The molecule has 21 heteroatoms. The number of benzene rings is 1. The topological polar surface area (TPSA) is 283 Å². The summed E-state index contributed by atoms with van der Waals surface area (Å²) in [7, 11) is -5.01. The fraction of sp³-hybridized carbons (Fsp3) is 0.514. The van der Waals surface area contributed by atoms with Gasteiger partial charge in [-0.25, -0.2) is 14.3 Å². The number of hydrogen-bond donors (Lipinski definition) is 6. The Hall–Kier alpha value is -4.64. The van der Waals surface area contributed by atoms with Gasteiger partial charge in [-0.1, -0.05) is 16.2 Å². The fourth-order valence-electron chi connectivity index (χ4n) is 6.80. The van der Waals surface area contributed by atoms with Crippen molar-refractivity contribution in [2.24, 2.45) is 22.7 Å². The van der Waals surface area contributed by atoms with Crippen LogP contribution < -0.4 is 26.1 Å². The van der Waals surface area contributed by atoms with Gasteiger partial charge in [0.05, 0.1) is 36.1 Å².